The molecule has 0 unspecified atom stereocenters. The molecular weight excluding hydrogens is 410 g/mol. The Morgan fingerprint density at radius 3 is 2.66 bits per heavy atom. The van der Waals surface area contributed by atoms with Gasteiger partial charge in [0, 0.05) is 37.3 Å². The summed E-state index contributed by atoms with van der Waals surface area (Å²) >= 11 is 0. The molecule has 3 heterocycles. The van der Waals surface area contributed by atoms with Gasteiger partial charge >= 0.3 is 0 Å². The highest BCUT2D eigenvalue weighted by Crippen LogP contribution is 2.37. The molecule has 1 aliphatic carbocycles. The highest BCUT2D eigenvalue weighted by molar-refractivity contribution is 5.83. The number of aliphatic hydroxyl groups excluding tert-OH is 3. The first-order chi connectivity index (χ1) is 15.6. The van der Waals surface area contributed by atoms with Crippen LogP contribution in [0, 0.1) is 17.2 Å². The second-order valence-corrected chi connectivity index (χ2v) is 8.51. The van der Waals surface area contributed by atoms with Crippen molar-refractivity contribution in [2.24, 2.45) is 5.92 Å². The lowest BCUT2D eigenvalue weighted by molar-refractivity contribution is -0.00370. The van der Waals surface area contributed by atoms with Gasteiger partial charge in [0.1, 0.15) is 17.9 Å². The van der Waals surface area contributed by atoms with Crippen LogP contribution in [0.4, 0.5) is 11.5 Å². The molecule has 0 bridgehead atoms. The minimum Gasteiger partial charge on any atom is -0.396 e. The van der Waals surface area contributed by atoms with E-state index in [1.54, 1.807) is 10.9 Å². The van der Waals surface area contributed by atoms with E-state index in [4.69, 9.17) is 5.26 Å². The average molecular weight is 435 g/mol. The van der Waals surface area contributed by atoms with Crippen LogP contribution >= 0.6 is 0 Å². The van der Waals surface area contributed by atoms with Crippen LogP contribution in [-0.4, -0.2) is 72.8 Å². The van der Waals surface area contributed by atoms with Crippen molar-refractivity contribution in [2.45, 2.75) is 37.1 Å². The summed E-state index contributed by atoms with van der Waals surface area (Å²) in [6, 6.07) is 9.49. The maximum atomic E-state index is 10.5. The zero-order chi connectivity index (χ0) is 22.2. The van der Waals surface area contributed by atoms with E-state index in [0.29, 0.717) is 29.0 Å². The lowest BCUT2D eigenvalue weighted by Gasteiger charge is -2.19. The highest BCUT2D eigenvalue weighted by Gasteiger charge is 2.42. The molecule has 0 spiro atoms. The second kappa shape index (κ2) is 8.35. The lowest BCUT2D eigenvalue weighted by atomic mass is 10.1. The molecule has 1 saturated heterocycles. The third-order valence-electron chi connectivity index (χ3n) is 6.61. The molecule has 2 fully saturated rings. The fraction of sp³-hybridized carbons (Fsp3) is 0.455. The van der Waals surface area contributed by atoms with Gasteiger partial charge < -0.3 is 30.1 Å². The normalized spacial score (nSPS) is 27.7. The number of hydrogen-bond donors (Lipinski definition) is 4. The lowest BCUT2D eigenvalue weighted by Crippen LogP contribution is -2.30. The fourth-order valence-electron chi connectivity index (χ4n) is 4.81. The minimum atomic E-state index is -0.994. The molecule has 10 heteroatoms. The number of nitrogens with one attached hydrogen (secondary N) is 1. The Bertz CT molecular complexity index is 1140. The molecule has 5 atom stereocenters. The van der Waals surface area contributed by atoms with Gasteiger partial charge in [0.05, 0.1) is 30.1 Å². The number of anilines is 2. The van der Waals surface area contributed by atoms with Crippen molar-refractivity contribution >= 4 is 22.7 Å². The molecule has 1 aliphatic heterocycles. The average Bonchev–Trinajstić information content (AvgIpc) is 3.53. The number of nitriles is 1. The van der Waals surface area contributed by atoms with Gasteiger partial charge in [-0.15, -0.1) is 0 Å². The molecule has 10 nitrogen and oxygen atoms in total. The third kappa shape index (κ3) is 3.54. The predicted octanol–water partition coefficient (Wildman–Crippen LogP) is 0.664. The Kier molecular flexibility index (Phi) is 5.38. The number of benzene rings is 1. The topological polar surface area (TPSA) is 143 Å². The summed E-state index contributed by atoms with van der Waals surface area (Å²) in [7, 11) is 0. The van der Waals surface area contributed by atoms with E-state index in [-0.39, 0.29) is 18.6 Å². The van der Waals surface area contributed by atoms with Crippen molar-refractivity contribution in [3.05, 3.63) is 42.5 Å². The number of aromatic nitrogens is 4. The fourth-order valence-corrected chi connectivity index (χ4v) is 4.81. The first-order valence-electron chi connectivity index (χ1n) is 10.7. The van der Waals surface area contributed by atoms with E-state index in [9.17, 15) is 15.3 Å². The third-order valence-corrected chi connectivity index (χ3v) is 6.61. The Morgan fingerprint density at radius 2 is 1.94 bits per heavy atom. The molecule has 5 rings (SSSR count). The summed E-state index contributed by atoms with van der Waals surface area (Å²) in [5, 5.41) is 42.6. The Morgan fingerprint density at radius 1 is 1.12 bits per heavy atom. The Labute approximate surface area is 184 Å². The van der Waals surface area contributed by atoms with Crippen molar-refractivity contribution in [2.75, 3.05) is 29.9 Å². The molecular formula is C22H25N7O3. The first kappa shape index (κ1) is 20.6. The van der Waals surface area contributed by atoms with E-state index in [1.165, 1.54) is 6.33 Å². The van der Waals surface area contributed by atoms with Crippen LogP contribution in [0.2, 0.25) is 0 Å². The van der Waals surface area contributed by atoms with E-state index in [0.717, 1.165) is 25.2 Å². The molecule has 2 aromatic heterocycles. The van der Waals surface area contributed by atoms with Gasteiger partial charge in [-0.3, -0.25) is 0 Å². The Balaban J connectivity index is 1.33. The summed E-state index contributed by atoms with van der Waals surface area (Å²) in [6.07, 6.45) is 2.48. The van der Waals surface area contributed by atoms with Gasteiger partial charge in [0.15, 0.2) is 11.5 Å². The minimum absolute atomic E-state index is 0.173. The van der Waals surface area contributed by atoms with Gasteiger partial charge in [0.2, 0.25) is 0 Å². The van der Waals surface area contributed by atoms with Crippen LogP contribution in [0.25, 0.3) is 11.2 Å². The number of hydrogen-bond acceptors (Lipinski definition) is 9. The van der Waals surface area contributed by atoms with E-state index < -0.39 is 18.2 Å². The molecule has 32 heavy (non-hydrogen) atoms. The van der Waals surface area contributed by atoms with Crippen LogP contribution in [0.5, 0.6) is 0 Å². The first-order valence-corrected chi connectivity index (χ1v) is 10.7. The molecule has 0 radical (unpaired) electrons. The van der Waals surface area contributed by atoms with Crippen molar-refractivity contribution < 1.29 is 15.3 Å². The van der Waals surface area contributed by atoms with Crippen LogP contribution in [0.3, 0.4) is 0 Å². The molecule has 3 aromatic rings. The summed E-state index contributed by atoms with van der Waals surface area (Å²) in [4.78, 5) is 15.5. The number of rotatable bonds is 5. The van der Waals surface area contributed by atoms with E-state index in [1.807, 2.05) is 24.3 Å². The number of imidazole rings is 1. The monoisotopic (exact) mass is 435 g/mol. The Hall–Kier alpha value is -3.26. The molecule has 1 saturated carbocycles. The van der Waals surface area contributed by atoms with Crippen molar-refractivity contribution in [1.82, 2.24) is 19.5 Å². The van der Waals surface area contributed by atoms with E-state index >= 15 is 0 Å². The molecule has 4 N–H and O–H groups in total. The molecule has 2 aliphatic rings. The van der Waals surface area contributed by atoms with Gasteiger partial charge in [0.25, 0.3) is 0 Å². The van der Waals surface area contributed by atoms with Gasteiger partial charge in [-0.2, -0.15) is 5.26 Å². The summed E-state index contributed by atoms with van der Waals surface area (Å²) in [5.74, 6) is 0.255. The maximum Gasteiger partial charge on any atom is 0.165 e. The van der Waals surface area contributed by atoms with Gasteiger partial charge in [-0.25, -0.2) is 15.0 Å². The number of nitrogens with zero attached hydrogens (tertiary/aromatic N) is 6. The highest BCUT2D eigenvalue weighted by atomic mass is 16.3. The molecule has 0 amide bonds. The standard InChI is InChI=1S/C22H25N7O3/c23-8-13-1-3-16(4-2-13)28-6-5-15(9-28)27-21-18-22(25-11-24-21)29(12-26-18)17-7-14(10-30)19(31)20(17)32/h1-4,11-12,14-15,17,19-20,30-32H,5-7,9-10H2,(H,24,25,27)/t14-,15+,17-,19-,20+/m1/s1. The summed E-state index contributed by atoms with van der Waals surface area (Å²) in [6.45, 7) is 1.51. The van der Waals surface area contributed by atoms with Crippen molar-refractivity contribution in [1.29, 1.82) is 5.26 Å². The van der Waals surface area contributed by atoms with Gasteiger partial charge in [-0.05, 0) is 37.1 Å². The SMILES string of the molecule is N#Cc1ccc(N2CC[C@H](Nc3ncnc4c3ncn4[C@@H]3C[C@H](CO)[C@@H](O)[C@H]3O)C2)cc1. The maximum absolute atomic E-state index is 10.5. The quantitative estimate of drug-likeness (QED) is 0.454. The van der Waals surface area contributed by atoms with Crippen LogP contribution in [0.1, 0.15) is 24.4 Å². The second-order valence-electron chi connectivity index (χ2n) is 8.51. The summed E-state index contributed by atoms with van der Waals surface area (Å²) < 4.78 is 1.77. The zero-order valence-corrected chi connectivity index (χ0v) is 17.4. The summed E-state index contributed by atoms with van der Waals surface area (Å²) in [5.41, 5.74) is 2.92. The van der Waals surface area contributed by atoms with Crippen LogP contribution < -0.4 is 10.2 Å². The predicted molar refractivity (Wildman–Crippen MR) is 117 cm³/mol. The molecule has 166 valence electrons. The van der Waals surface area contributed by atoms with Crippen LogP contribution in [0.15, 0.2) is 36.9 Å². The van der Waals surface area contributed by atoms with Gasteiger partial charge in [-0.1, -0.05) is 0 Å². The zero-order valence-electron chi connectivity index (χ0n) is 17.4. The van der Waals surface area contributed by atoms with E-state index in [2.05, 4.69) is 31.2 Å². The molecule has 1 aromatic carbocycles. The van der Waals surface area contributed by atoms with Crippen molar-refractivity contribution in [3.63, 3.8) is 0 Å². The van der Waals surface area contributed by atoms with Crippen LogP contribution in [-0.2, 0) is 0 Å². The number of fused-ring (bicyclic) bond motifs is 1. The largest absolute Gasteiger partial charge is 0.396 e. The smallest absolute Gasteiger partial charge is 0.165 e. The number of aliphatic hydroxyl groups is 3. The van der Waals surface area contributed by atoms with Crippen molar-refractivity contribution in [3.8, 4) is 6.07 Å².